The number of nitrogens with zero attached hydrogens (tertiary/aromatic N) is 3. The van der Waals surface area contributed by atoms with Crippen LogP contribution in [0.5, 0.6) is 0 Å². The van der Waals surface area contributed by atoms with Crippen LogP contribution in [0.3, 0.4) is 0 Å². The van der Waals surface area contributed by atoms with Crippen molar-refractivity contribution in [3.8, 4) is 0 Å². The molecule has 0 spiro atoms. The van der Waals surface area contributed by atoms with Crippen LogP contribution >= 0.6 is 0 Å². The van der Waals surface area contributed by atoms with Gasteiger partial charge in [0, 0.05) is 17.9 Å². The van der Waals surface area contributed by atoms with Crippen molar-refractivity contribution >= 4 is 5.91 Å². The van der Waals surface area contributed by atoms with Gasteiger partial charge in [-0.2, -0.15) is 0 Å². The van der Waals surface area contributed by atoms with E-state index in [4.69, 9.17) is 15.0 Å². The van der Waals surface area contributed by atoms with Gasteiger partial charge in [0.05, 0.1) is 25.4 Å². The first-order valence-electron chi connectivity index (χ1n) is 15.9. The van der Waals surface area contributed by atoms with Crippen molar-refractivity contribution in [2.75, 3.05) is 19.8 Å². The van der Waals surface area contributed by atoms with Gasteiger partial charge in [-0.05, 0) is 31.2 Å². The summed E-state index contributed by atoms with van der Waals surface area (Å²) in [6.45, 7) is 1.77. The van der Waals surface area contributed by atoms with Crippen LogP contribution in [0, 0.1) is 0 Å². The SMILES string of the molecule is CCCCCCCCCCCCC/C=C/[C@@H](O)[C@H](CO[C@@H]1O[C@H](CO)[C@H](O)[C@H](O)[C@H]1O)NC(=O)CCCCCN=[N+]=[N-]. The van der Waals surface area contributed by atoms with Crippen molar-refractivity contribution in [3.63, 3.8) is 0 Å². The number of aliphatic hydroxyl groups excluding tert-OH is 5. The molecule has 7 atom stereocenters. The second-order valence-corrected chi connectivity index (χ2v) is 11.2. The minimum absolute atomic E-state index is 0.210. The molecule has 0 saturated carbocycles. The maximum Gasteiger partial charge on any atom is 0.220 e. The number of hydrogen-bond acceptors (Lipinski definition) is 9. The smallest absolute Gasteiger partial charge is 0.220 e. The molecule has 244 valence electrons. The summed E-state index contributed by atoms with van der Waals surface area (Å²) < 4.78 is 11.0. The standard InChI is InChI=1S/C30H56N4O8/c1-2-3-4-5-6-7-8-9-10-11-12-13-15-18-24(36)23(33-26(37)19-16-14-17-20-32-34-31)22-41-30-29(40)28(39)27(38)25(21-35)42-30/h15,18,23-25,27-30,35-36,38-40H,2-14,16-17,19-22H2,1H3,(H,33,37)/b18-15+/t23-,24+,25+,27-,28-,29+,30+/m0/s1. The van der Waals surface area contributed by atoms with Crippen LogP contribution < -0.4 is 5.32 Å². The number of aliphatic hydroxyl groups is 5. The first-order chi connectivity index (χ1) is 20.3. The normalized spacial score (nSPS) is 23.9. The van der Waals surface area contributed by atoms with Gasteiger partial charge < -0.3 is 40.3 Å². The molecule has 1 rings (SSSR count). The molecule has 0 aromatic heterocycles. The van der Waals surface area contributed by atoms with Crippen LogP contribution in [0.25, 0.3) is 10.4 Å². The molecule has 1 aliphatic heterocycles. The summed E-state index contributed by atoms with van der Waals surface area (Å²) >= 11 is 0. The minimum Gasteiger partial charge on any atom is -0.394 e. The Kier molecular flexibility index (Phi) is 22.5. The summed E-state index contributed by atoms with van der Waals surface area (Å²) in [5, 5.41) is 56.7. The van der Waals surface area contributed by atoms with Crippen LogP contribution in [0.4, 0.5) is 0 Å². The number of hydrogen-bond donors (Lipinski definition) is 6. The zero-order chi connectivity index (χ0) is 31.0. The number of rotatable bonds is 25. The highest BCUT2D eigenvalue weighted by Crippen LogP contribution is 2.22. The number of carbonyl (C=O) groups excluding carboxylic acids is 1. The van der Waals surface area contributed by atoms with Crippen LogP contribution in [0.15, 0.2) is 17.3 Å². The van der Waals surface area contributed by atoms with Gasteiger partial charge in [-0.1, -0.05) is 94.8 Å². The Morgan fingerprint density at radius 3 is 2.19 bits per heavy atom. The van der Waals surface area contributed by atoms with E-state index in [1.165, 1.54) is 57.8 Å². The van der Waals surface area contributed by atoms with E-state index >= 15 is 0 Å². The van der Waals surface area contributed by atoms with Gasteiger partial charge >= 0.3 is 0 Å². The molecule has 1 heterocycles. The van der Waals surface area contributed by atoms with E-state index in [1.54, 1.807) is 6.08 Å². The predicted molar refractivity (Wildman–Crippen MR) is 160 cm³/mol. The van der Waals surface area contributed by atoms with Crippen molar-refractivity contribution in [2.24, 2.45) is 5.11 Å². The average Bonchev–Trinajstić information content (AvgIpc) is 2.98. The molecule has 1 amide bonds. The molecule has 1 saturated heterocycles. The van der Waals surface area contributed by atoms with Gasteiger partial charge in [0.25, 0.3) is 0 Å². The van der Waals surface area contributed by atoms with E-state index < -0.39 is 49.5 Å². The fourth-order valence-corrected chi connectivity index (χ4v) is 4.89. The summed E-state index contributed by atoms with van der Waals surface area (Å²) in [6, 6.07) is -0.860. The average molecular weight is 601 g/mol. The molecule has 0 aromatic rings. The van der Waals surface area contributed by atoms with E-state index in [-0.39, 0.29) is 18.9 Å². The Hall–Kier alpha value is -1.76. The van der Waals surface area contributed by atoms with Gasteiger partial charge in [-0.15, -0.1) is 0 Å². The van der Waals surface area contributed by atoms with E-state index in [0.717, 1.165) is 19.3 Å². The molecular weight excluding hydrogens is 544 g/mol. The summed E-state index contributed by atoms with van der Waals surface area (Å²) in [4.78, 5) is 15.3. The van der Waals surface area contributed by atoms with Crippen LogP contribution in [0.1, 0.15) is 110 Å². The zero-order valence-electron chi connectivity index (χ0n) is 25.4. The second kappa shape index (κ2) is 24.7. The lowest BCUT2D eigenvalue weighted by atomic mass is 9.99. The number of unbranched alkanes of at least 4 members (excludes halogenated alkanes) is 13. The summed E-state index contributed by atoms with van der Waals surface area (Å²) in [5.41, 5.74) is 8.34. The molecule has 0 unspecified atom stereocenters. The zero-order valence-corrected chi connectivity index (χ0v) is 25.4. The Bertz CT molecular complexity index is 766. The summed E-state index contributed by atoms with van der Waals surface area (Å²) in [6.07, 6.45) is 12.0. The molecule has 0 aliphatic carbocycles. The molecule has 0 aromatic carbocycles. The van der Waals surface area contributed by atoms with E-state index in [2.05, 4.69) is 22.3 Å². The molecular formula is C30H56N4O8. The highest BCUT2D eigenvalue weighted by molar-refractivity contribution is 5.76. The fourth-order valence-electron chi connectivity index (χ4n) is 4.89. The van der Waals surface area contributed by atoms with Gasteiger partial charge in [0.2, 0.25) is 5.91 Å². The highest BCUT2D eigenvalue weighted by Gasteiger charge is 2.44. The predicted octanol–water partition coefficient (Wildman–Crippen LogP) is 3.78. The molecule has 6 N–H and O–H groups in total. The summed E-state index contributed by atoms with van der Waals surface area (Å²) in [7, 11) is 0. The van der Waals surface area contributed by atoms with Crippen molar-refractivity contribution in [3.05, 3.63) is 22.6 Å². The van der Waals surface area contributed by atoms with E-state index in [9.17, 15) is 30.3 Å². The van der Waals surface area contributed by atoms with E-state index in [0.29, 0.717) is 25.8 Å². The lowest BCUT2D eigenvalue weighted by molar-refractivity contribution is -0.302. The van der Waals surface area contributed by atoms with Gasteiger partial charge in [-0.3, -0.25) is 4.79 Å². The largest absolute Gasteiger partial charge is 0.394 e. The lowest BCUT2D eigenvalue weighted by Gasteiger charge is -2.40. The molecule has 0 radical (unpaired) electrons. The van der Waals surface area contributed by atoms with Crippen LogP contribution in [-0.4, -0.2) is 94.1 Å². The third-order valence-corrected chi connectivity index (χ3v) is 7.58. The number of ether oxygens (including phenoxy) is 2. The van der Waals surface area contributed by atoms with Gasteiger partial charge in [-0.25, -0.2) is 0 Å². The summed E-state index contributed by atoms with van der Waals surface area (Å²) in [5.74, 6) is -0.293. The fraction of sp³-hybridized carbons (Fsp3) is 0.900. The Balaban J connectivity index is 2.52. The third kappa shape index (κ3) is 16.8. The Labute approximate surface area is 251 Å². The van der Waals surface area contributed by atoms with Gasteiger partial charge in [0.1, 0.15) is 24.4 Å². The molecule has 42 heavy (non-hydrogen) atoms. The Morgan fingerprint density at radius 1 is 0.952 bits per heavy atom. The molecule has 1 aliphatic rings. The Morgan fingerprint density at radius 2 is 1.57 bits per heavy atom. The number of allylic oxidation sites excluding steroid dienone is 1. The molecule has 0 bridgehead atoms. The van der Waals surface area contributed by atoms with Crippen LogP contribution in [-0.2, 0) is 14.3 Å². The van der Waals surface area contributed by atoms with Gasteiger partial charge in [0.15, 0.2) is 6.29 Å². The first-order valence-corrected chi connectivity index (χ1v) is 15.9. The molecule has 12 heteroatoms. The van der Waals surface area contributed by atoms with Crippen LogP contribution in [0.2, 0.25) is 0 Å². The number of azide groups is 1. The van der Waals surface area contributed by atoms with Crippen molar-refractivity contribution in [1.29, 1.82) is 0 Å². The maximum atomic E-state index is 12.6. The quantitative estimate of drug-likeness (QED) is 0.0299. The van der Waals surface area contributed by atoms with Crippen molar-refractivity contribution in [1.82, 2.24) is 5.32 Å². The third-order valence-electron chi connectivity index (χ3n) is 7.58. The molecule has 12 nitrogen and oxygen atoms in total. The van der Waals surface area contributed by atoms with Crippen molar-refractivity contribution in [2.45, 2.75) is 153 Å². The van der Waals surface area contributed by atoms with E-state index in [1.807, 2.05) is 6.08 Å². The second-order valence-electron chi connectivity index (χ2n) is 11.2. The number of carbonyl (C=O) groups is 1. The molecule has 1 fully saturated rings. The van der Waals surface area contributed by atoms with Crippen molar-refractivity contribution < 1.29 is 39.8 Å². The maximum absolute atomic E-state index is 12.6. The first kappa shape index (κ1) is 38.3. The topological polar surface area (TPSA) is 197 Å². The highest BCUT2D eigenvalue weighted by atomic mass is 16.7. The lowest BCUT2D eigenvalue weighted by Crippen LogP contribution is -2.60. The number of nitrogens with one attached hydrogen (secondary N) is 1. The number of amides is 1. The monoisotopic (exact) mass is 600 g/mol. The minimum atomic E-state index is -1.59.